The Kier molecular flexibility index (Phi) is 6.32. The van der Waals surface area contributed by atoms with Crippen LogP contribution in [0.15, 0.2) is 0 Å². The molecule has 1 atom stereocenters. The van der Waals surface area contributed by atoms with Gasteiger partial charge in [0.05, 0.1) is 17.7 Å². The van der Waals surface area contributed by atoms with Crippen LogP contribution in [-0.2, 0) is 14.4 Å². The van der Waals surface area contributed by atoms with E-state index in [2.05, 4.69) is 0 Å². The third-order valence-electron chi connectivity index (χ3n) is 3.65. The number of carbonyl (C=O) groups excluding carboxylic acids is 2. The van der Waals surface area contributed by atoms with Crippen LogP contribution >= 0.6 is 11.8 Å². The van der Waals surface area contributed by atoms with Crippen molar-refractivity contribution in [2.75, 3.05) is 32.9 Å². The molecule has 0 aromatic rings. The summed E-state index contributed by atoms with van der Waals surface area (Å²) in [5, 5.41) is 8.75. The van der Waals surface area contributed by atoms with Gasteiger partial charge in [0.1, 0.15) is 0 Å². The lowest BCUT2D eigenvalue weighted by Crippen LogP contribution is -2.46. The number of rotatable bonds is 5. The topological polar surface area (TPSA) is 77.9 Å². The van der Waals surface area contributed by atoms with Gasteiger partial charge in [-0.1, -0.05) is 0 Å². The predicted octanol–water partition coefficient (Wildman–Crippen LogP) is 0.520. The number of amides is 2. The quantitative estimate of drug-likeness (QED) is 0.801. The molecule has 0 spiro atoms. The Bertz CT molecular complexity index is 381. The van der Waals surface area contributed by atoms with Crippen molar-refractivity contribution >= 4 is 29.5 Å². The summed E-state index contributed by atoms with van der Waals surface area (Å²) in [6.45, 7) is 2.78. The lowest BCUT2D eigenvalue weighted by Gasteiger charge is -2.31. The molecule has 1 aliphatic rings. The van der Waals surface area contributed by atoms with Crippen LogP contribution in [0.2, 0.25) is 0 Å². The van der Waals surface area contributed by atoms with Gasteiger partial charge >= 0.3 is 5.97 Å². The number of hydrogen-bond acceptors (Lipinski definition) is 4. The number of carboxylic acid groups (broad SMARTS) is 1. The minimum absolute atomic E-state index is 0.0570. The molecule has 0 bridgehead atoms. The number of piperidine rings is 1. The van der Waals surface area contributed by atoms with Crippen LogP contribution in [0.5, 0.6) is 0 Å². The highest BCUT2D eigenvalue weighted by atomic mass is 32.2. The molecule has 1 N–H and O–H groups in total. The van der Waals surface area contributed by atoms with E-state index in [1.54, 1.807) is 11.9 Å². The minimum Gasteiger partial charge on any atom is -0.481 e. The number of carboxylic acids is 1. The molecule has 1 aliphatic heterocycles. The summed E-state index contributed by atoms with van der Waals surface area (Å²) in [5.74, 6) is -1.32. The highest BCUT2D eigenvalue weighted by molar-refractivity contribution is 7.99. The average molecular weight is 302 g/mol. The third kappa shape index (κ3) is 4.40. The Morgan fingerprint density at radius 1 is 1.35 bits per heavy atom. The van der Waals surface area contributed by atoms with E-state index in [0.717, 1.165) is 0 Å². The van der Waals surface area contributed by atoms with Gasteiger partial charge in [-0.15, -0.1) is 0 Å². The number of likely N-dealkylation sites (N-methyl/N-ethyl adjacent to an activating group) is 1. The third-order valence-corrected chi connectivity index (χ3v) is 4.56. The maximum Gasteiger partial charge on any atom is 0.306 e. The number of nitrogens with zero attached hydrogens (tertiary/aromatic N) is 2. The van der Waals surface area contributed by atoms with E-state index in [0.29, 0.717) is 25.9 Å². The molecule has 1 heterocycles. The second-order valence-electron chi connectivity index (χ2n) is 5.07. The second-order valence-corrected chi connectivity index (χ2v) is 6.24. The van der Waals surface area contributed by atoms with Crippen molar-refractivity contribution in [2.45, 2.75) is 25.0 Å². The summed E-state index contributed by atoms with van der Waals surface area (Å²) >= 11 is 1.45. The van der Waals surface area contributed by atoms with Gasteiger partial charge in [0.15, 0.2) is 0 Å². The van der Waals surface area contributed by atoms with Gasteiger partial charge in [0.2, 0.25) is 11.8 Å². The monoisotopic (exact) mass is 302 g/mol. The molecular formula is C13H22N2O4S. The van der Waals surface area contributed by atoms with Crippen molar-refractivity contribution in [1.29, 1.82) is 0 Å². The maximum atomic E-state index is 12.1. The first kappa shape index (κ1) is 16.8. The molecule has 0 aromatic heterocycles. The highest BCUT2D eigenvalue weighted by Crippen LogP contribution is 2.17. The Labute approximate surface area is 123 Å². The molecule has 0 aliphatic carbocycles. The van der Waals surface area contributed by atoms with E-state index in [1.165, 1.54) is 16.7 Å². The summed E-state index contributed by atoms with van der Waals surface area (Å²) in [7, 11) is 1.62. The van der Waals surface area contributed by atoms with Crippen LogP contribution < -0.4 is 0 Å². The first-order valence-corrected chi connectivity index (χ1v) is 7.94. The van der Waals surface area contributed by atoms with Gasteiger partial charge in [-0.25, -0.2) is 0 Å². The molecule has 2 amide bonds. The summed E-state index contributed by atoms with van der Waals surface area (Å²) in [5.41, 5.74) is 0. The van der Waals surface area contributed by atoms with Crippen molar-refractivity contribution in [1.82, 2.24) is 9.80 Å². The van der Waals surface area contributed by atoms with E-state index in [-0.39, 0.29) is 29.5 Å². The molecule has 6 nitrogen and oxygen atoms in total. The van der Waals surface area contributed by atoms with Crippen molar-refractivity contribution in [3.8, 4) is 0 Å². The molecular weight excluding hydrogens is 280 g/mol. The average Bonchev–Trinajstić information content (AvgIpc) is 2.45. The normalized spacial score (nSPS) is 17.6. The van der Waals surface area contributed by atoms with E-state index >= 15 is 0 Å². The number of aliphatic carboxylic acids is 1. The Balaban J connectivity index is 2.44. The van der Waals surface area contributed by atoms with E-state index in [9.17, 15) is 14.4 Å². The number of thioether (sulfide) groups is 1. The summed E-state index contributed by atoms with van der Waals surface area (Å²) in [6.07, 6.45) is 2.83. The fourth-order valence-electron chi connectivity index (χ4n) is 2.17. The minimum atomic E-state index is -0.793. The fourth-order valence-corrected chi connectivity index (χ4v) is 2.55. The van der Waals surface area contributed by atoms with Crippen LogP contribution in [0, 0.1) is 5.92 Å². The standard InChI is InChI=1S/C13H22N2O4S/c1-9(20-3)12(17)14(2)8-11(16)15-6-4-10(5-7-15)13(18)19/h9-10H,4-8H2,1-3H3,(H,18,19). The SMILES string of the molecule is CSC(C)C(=O)N(C)CC(=O)N1CCC(C(=O)O)CC1. The fraction of sp³-hybridized carbons (Fsp3) is 0.769. The number of carbonyl (C=O) groups is 3. The molecule has 1 fully saturated rings. The number of likely N-dealkylation sites (tertiary alicyclic amines) is 1. The van der Waals surface area contributed by atoms with Crippen LogP contribution in [0.4, 0.5) is 0 Å². The summed E-state index contributed by atoms with van der Waals surface area (Å²) in [4.78, 5) is 37.9. The largest absolute Gasteiger partial charge is 0.481 e. The molecule has 1 unspecified atom stereocenters. The summed E-state index contributed by atoms with van der Waals surface area (Å²) < 4.78 is 0. The zero-order valence-electron chi connectivity index (χ0n) is 12.2. The van der Waals surface area contributed by atoms with Gasteiger partial charge < -0.3 is 14.9 Å². The Morgan fingerprint density at radius 2 is 1.90 bits per heavy atom. The molecule has 0 aromatic carbocycles. The molecule has 0 radical (unpaired) electrons. The second kappa shape index (κ2) is 7.52. The smallest absolute Gasteiger partial charge is 0.306 e. The molecule has 20 heavy (non-hydrogen) atoms. The van der Waals surface area contributed by atoms with Gasteiger partial charge in [-0.2, -0.15) is 11.8 Å². The van der Waals surface area contributed by atoms with E-state index in [4.69, 9.17) is 5.11 Å². The molecule has 114 valence electrons. The van der Waals surface area contributed by atoms with Gasteiger partial charge in [0.25, 0.3) is 0 Å². The van der Waals surface area contributed by atoms with Crippen LogP contribution in [0.1, 0.15) is 19.8 Å². The highest BCUT2D eigenvalue weighted by Gasteiger charge is 2.28. The van der Waals surface area contributed by atoms with Gasteiger partial charge in [0, 0.05) is 20.1 Å². The summed E-state index contributed by atoms with van der Waals surface area (Å²) in [6, 6.07) is 0. The van der Waals surface area contributed by atoms with Crippen molar-refractivity contribution in [3.63, 3.8) is 0 Å². The van der Waals surface area contributed by atoms with E-state index in [1.807, 2.05) is 13.2 Å². The first-order valence-electron chi connectivity index (χ1n) is 6.65. The van der Waals surface area contributed by atoms with Gasteiger partial charge in [-0.05, 0) is 26.0 Å². The molecule has 1 rings (SSSR count). The molecule has 1 saturated heterocycles. The van der Waals surface area contributed by atoms with Gasteiger partial charge in [-0.3, -0.25) is 14.4 Å². The lowest BCUT2D eigenvalue weighted by molar-refractivity contribution is -0.146. The molecule has 7 heteroatoms. The Hall–Kier alpha value is -1.24. The van der Waals surface area contributed by atoms with Crippen LogP contribution in [0.25, 0.3) is 0 Å². The predicted molar refractivity (Wildman–Crippen MR) is 77.6 cm³/mol. The maximum absolute atomic E-state index is 12.1. The molecule has 0 saturated carbocycles. The Morgan fingerprint density at radius 3 is 2.35 bits per heavy atom. The zero-order valence-corrected chi connectivity index (χ0v) is 13.0. The van der Waals surface area contributed by atoms with E-state index < -0.39 is 5.97 Å². The zero-order chi connectivity index (χ0) is 15.3. The van der Waals surface area contributed by atoms with Crippen molar-refractivity contribution in [2.24, 2.45) is 5.92 Å². The lowest BCUT2D eigenvalue weighted by atomic mass is 9.97. The van der Waals surface area contributed by atoms with Crippen molar-refractivity contribution < 1.29 is 19.5 Å². The number of hydrogen-bond donors (Lipinski definition) is 1. The van der Waals surface area contributed by atoms with Crippen LogP contribution in [0.3, 0.4) is 0 Å². The van der Waals surface area contributed by atoms with Crippen LogP contribution in [-0.4, -0.2) is 70.9 Å². The first-order chi connectivity index (χ1) is 9.36. The van der Waals surface area contributed by atoms with Crippen molar-refractivity contribution in [3.05, 3.63) is 0 Å².